The number of rotatable bonds is 3. The lowest BCUT2D eigenvalue weighted by Crippen LogP contribution is -2.02. The van der Waals surface area contributed by atoms with E-state index < -0.39 is 0 Å². The smallest absolute Gasteiger partial charge is 0.337 e. The Morgan fingerprint density at radius 1 is 1.21 bits per heavy atom. The quantitative estimate of drug-likeness (QED) is 0.680. The lowest BCUT2D eigenvalue weighted by atomic mass is 10.2. The molecule has 3 nitrogen and oxygen atoms in total. The molecule has 0 spiro atoms. The summed E-state index contributed by atoms with van der Waals surface area (Å²) in [5.41, 5.74) is 6.98. The highest BCUT2D eigenvalue weighted by atomic mass is 79.9. The summed E-state index contributed by atoms with van der Waals surface area (Å²) in [6.45, 7) is 0. The van der Waals surface area contributed by atoms with Gasteiger partial charge in [-0.3, -0.25) is 0 Å². The van der Waals surface area contributed by atoms with Crippen molar-refractivity contribution < 1.29 is 9.53 Å². The van der Waals surface area contributed by atoms with Crippen LogP contribution in [-0.4, -0.2) is 13.1 Å². The largest absolute Gasteiger partial charge is 0.465 e. The summed E-state index contributed by atoms with van der Waals surface area (Å²) < 4.78 is 5.67. The van der Waals surface area contributed by atoms with Gasteiger partial charge in [0.05, 0.1) is 12.7 Å². The van der Waals surface area contributed by atoms with Crippen molar-refractivity contribution in [2.75, 3.05) is 12.8 Å². The lowest BCUT2D eigenvalue weighted by Gasteiger charge is -2.08. The van der Waals surface area contributed by atoms with Crippen LogP contribution in [0.4, 0.5) is 5.69 Å². The Morgan fingerprint density at radius 2 is 1.95 bits per heavy atom. The topological polar surface area (TPSA) is 52.3 Å². The van der Waals surface area contributed by atoms with Crippen LogP contribution in [0.2, 0.25) is 0 Å². The molecule has 2 rings (SSSR count). The predicted octanol–water partition coefficient (Wildman–Crippen LogP) is 3.97. The molecule has 2 aromatic carbocycles. The number of benzene rings is 2. The van der Waals surface area contributed by atoms with Crippen LogP contribution in [0, 0.1) is 0 Å². The van der Waals surface area contributed by atoms with Crippen molar-refractivity contribution in [2.45, 2.75) is 9.79 Å². The van der Waals surface area contributed by atoms with E-state index in [4.69, 9.17) is 5.73 Å². The van der Waals surface area contributed by atoms with Gasteiger partial charge in [0.25, 0.3) is 0 Å². The zero-order chi connectivity index (χ0) is 13.8. The number of hydrogen-bond acceptors (Lipinski definition) is 4. The highest BCUT2D eigenvalue weighted by Crippen LogP contribution is 2.36. The van der Waals surface area contributed by atoms with Crippen molar-refractivity contribution >= 4 is 39.3 Å². The summed E-state index contributed by atoms with van der Waals surface area (Å²) in [5.74, 6) is -0.385. The maximum absolute atomic E-state index is 11.4. The molecule has 0 aliphatic carbocycles. The number of carbonyl (C=O) groups is 1. The summed E-state index contributed by atoms with van der Waals surface area (Å²) in [5, 5.41) is 0. The molecule has 0 aromatic heterocycles. The number of esters is 1. The van der Waals surface area contributed by atoms with Crippen LogP contribution < -0.4 is 5.73 Å². The zero-order valence-corrected chi connectivity index (χ0v) is 12.6. The van der Waals surface area contributed by atoms with Crippen molar-refractivity contribution in [1.82, 2.24) is 0 Å². The van der Waals surface area contributed by atoms with E-state index in [-0.39, 0.29) is 5.97 Å². The fourth-order valence-corrected chi connectivity index (χ4v) is 2.92. The first-order chi connectivity index (χ1) is 9.11. The van der Waals surface area contributed by atoms with E-state index in [0.717, 1.165) is 14.3 Å². The summed E-state index contributed by atoms with van der Waals surface area (Å²) in [6.07, 6.45) is 0. The van der Waals surface area contributed by atoms with Crippen LogP contribution in [0.25, 0.3) is 0 Å². The van der Waals surface area contributed by atoms with E-state index in [1.807, 2.05) is 30.3 Å². The zero-order valence-electron chi connectivity index (χ0n) is 10.2. The maximum atomic E-state index is 11.4. The first kappa shape index (κ1) is 14.0. The molecule has 98 valence electrons. The van der Waals surface area contributed by atoms with Crippen molar-refractivity contribution in [3.05, 3.63) is 52.5 Å². The number of methoxy groups -OCH3 is 1. The molecule has 0 aliphatic rings. The molecule has 2 N–H and O–H groups in total. The summed E-state index contributed by atoms with van der Waals surface area (Å²) in [6, 6.07) is 13.1. The van der Waals surface area contributed by atoms with Gasteiger partial charge in [0.1, 0.15) is 0 Å². The standard InChI is InChI=1S/C14H12BrNO2S/c1-18-14(17)9-6-7-13(11(16)8-9)19-12-5-3-2-4-10(12)15/h2-8H,16H2,1H3. The number of hydrogen-bond donors (Lipinski definition) is 1. The second kappa shape index (κ2) is 6.12. The lowest BCUT2D eigenvalue weighted by molar-refractivity contribution is 0.0600. The molecule has 0 radical (unpaired) electrons. The molecular formula is C14H12BrNO2S. The summed E-state index contributed by atoms with van der Waals surface area (Å²) >= 11 is 5.04. The van der Waals surface area contributed by atoms with Crippen molar-refractivity contribution in [2.24, 2.45) is 0 Å². The van der Waals surface area contributed by atoms with Gasteiger partial charge in [-0.1, -0.05) is 23.9 Å². The Labute approximate surface area is 124 Å². The van der Waals surface area contributed by atoms with Crippen molar-refractivity contribution in [3.8, 4) is 0 Å². The predicted molar refractivity (Wildman–Crippen MR) is 80.5 cm³/mol. The minimum Gasteiger partial charge on any atom is -0.465 e. The van der Waals surface area contributed by atoms with Crippen molar-refractivity contribution in [3.63, 3.8) is 0 Å². The second-order valence-corrected chi connectivity index (χ2v) is 5.71. The third kappa shape index (κ3) is 3.30. The van der Waals surface area contributed by atoms with E-state index in [0.29, 0.717) is 11.3 Å². The van der Waals surface area contributed by atoms with Crippen LogP contribution in [-0.2, 0) is 4.74 Å². The number of nitrogens with two attached hydrogens (primary N) is 1. The number of halogens is 1. The number of anilines is 1. The van der Waals surface area contributed by atoms with Gasteiger partial charge in [0, 0.05) is 20.0 Å². The Balaban J connectivity index is 2.27. The Hall–Kier alpha value is -1.46. The van der Waals surface area contributed by atoms with Gasteiger partial charge >= 0.3 is 5.97 Å². The molecule has 0 fully saturated rings. The third-order valence-electron chi connectivity index (χ3n) is 2.49. The molecule has 0 unspecified atom stereocenters. The normalized spacial score (nSPS) is 10.2. The van der Waals surface area contributed by atoms with E-state index >= 15 is 0 Å². The van der Waals surface area contributed by atoms with Gasteiger partial charge in [-0.25, -0.2) is 4.79 Å². The minimum atomic E-state index is -0.385. The average molecular weight is 338 g/mol. The van der Waals surface area contributed by atoms with Gasteiger partial charge in [-0.05, 0) is 46.3 Å². The number of ether oxygens (including phenoxy) is 1. The first-order valence-corrected chi connectivity index (χ1v) is 7.13. The molecule has 0 amide bonds. The summed E-state index contributed by atoms with van der Waals surface area (Å²) in [4.78, 5) is 13.4. The van der Waals surface area contributed by atoms with Crippen LogP contribution in [0.15, 0.2) is 56.7 Å². The molecule has 2 aromatic rings. The van der Waals surface area contributed by atoms with E-state index in [2.05, 4.69) is 20.7 Å². The highest BCUT2D eigenvalue weighted by Gasteiger charge is 2.10. The molecule has 0 saturated carbocycles. The Bertz CT molecular complexity index is 616. The molecule has 19 heavy (non-hydrogen) atoms. The molecule has 0 aliphatic heterocycles. The SMILES string of the molecule is COC(=O)c1ccc(Sc2ccccc2Br)c(N)c1. The Morgan fingerprint density at radius 3 is 2.58 bits per heavy atom. The van der Waals surface area contributed by atoms with E-state index in [9.17, 15) is 4.79 Å². The molecule has 5 heteroatoms. The van der Waals surface area contributed by atoms with Crippen LogP contribution in [0.3, 0.4) is 0 Å². The maximum Gasteiger partial charge on any atom is 0.337 e. The van der Waals surface area contributed by atoms with E-state index in [1.165, 1.54) is 7.11 Å². The molecule has 0 heterocycles. The first-order valence-electron chi connectivity index (χ1n) is 5.52. The summed E-state index contributed by atoms with van der Waals surface area (Å²) in [7, 11) is 1.35. The fourth-order valence-electron chi connectivity index (χ4n) is 1.53. The van der Waals surface area contributed by atoms with Gasteiger partial charge in [-0.15, -0.1) is 0 Å². The highest BCUT2D eigenvalue weighted by molar-refractivity contribution is 9.10. The average Bonchev–Trinajstić information content (AvgIpc) is 2.42. The number of carbonyl (C=O) groups excluding carboxylic acids is 1. The minimum absolute atomic E-state index is 0.385. The van der Waals surface area contributed by atoms with Crippen LogP contribution in [0.5, 0.6) is 0 Å². The third-order valence-corrected chi connectivity index (χ3v) is 4.61. The number of nitrogen functional groups attached to an aromatic ring is 1. The van der Waals surface area contributed by atoms with Crippen LogP contribution >= 0.6 is 27.7 Å². The van der Waals surface area contributed by atoms with E-state index in [1.54, 1.807) is 23.9 Å². The molecule has 0 bridgehead atoms. The Kier molecular flexibility index (Phi) is 4.50. The molecule has 0 atom stereocenters. The fraction of sp³-hybridized carbons (Fsp3) is 0.0714. The van der Waals surface area contributed by atoms with Gasteiger partial charge in [0.15, 0.2) is 0 Å². The molecule has 0 saturated heterocycles. The molecular weight excluding hydrogens is 326 g/mol. The monoisotopic (exact) mass is 337 g/mol. The van der Waals surface area contributed by atoms with Crippen LogP contribution in [0.1, 0.15) is 10.4 Å². The van der Waals surface area contributed by atoms with Crippen molar-refractivity contribution in [1.29, 1.82) is 0 Å². The second-order valence-electron chi connectivity index (χ2n) is 3.78. The van der Waals surface area contributed by atoms with Gasteiger partial charge < -0.3 is 10.5 Å². The van der Waals surface area contributed by atoms with Gasteiger partial charge in [-0.2, -0.15) is 0 Å². The van der Waals surface area contributed by atoms with Gasteiger partial charge in [0.2, 0.25) is 0 Å².